The van der Waals surface area contributed by atoms with Crippen molar-refractivity contribution in [1.82, 2.24) is 0 Å². The Morgan fingerprint density at radius 3 is 1.88 bits per heavy atom. The van der Waals surface area contributed by atoms with E-state index in [-0.39, 0.29) is 6.03 Å². The fourth-order valence-corrected chi connectivity index (χ4v) is 3.12. The van der Waals surface area contributed by atoms with Crippen molar-refractivity contribution in [1.29, 1.82) is 0 Å². The molecule has 1 aliphatic rings. The molecule has 2 aromatic carbocycles. The number of benzene rings is 2. The minimum absolute atomic E-state index is 0.231. The molecule has 0 spiro atoms. The quantitative estimate of drug-likeness (QED) is 0.654. The lowest BCUT2D eigenvalue weighted by Gasteiger charge is -2.18. The second-order valence-electron chi connectivity index (χ2n) is 6.36. The lowest BCUT2D eigenvalue weighted by atomic mass is 10.1. The summed E-state index contributed by atoms with van der Waals surface area (Å²) in [7, 11) is 0. The maximum absolute atomic E-state index is 12.0. The molecule has 4 nitrogen and oxygen atoms in total. The minimum Gasteiger partial charge on any atom is -0.382 e. The number of carbonyl (C=O) groups is 1. The molecule has 1 saturated carbocycles. The Kier molecular flexibility index (Phi) is 5.72. The first-order valence-electron chi connectivity index (χ1n) is 8.79. The first-order chi connectivity index (χ1) is 11.8. The zero-order valence-electron chi connectivity index (χ0n) is 13.9. The van der Waals surface area contributed by atoms with Crippen LogP contribution in [-0.2, 0) is 0 Å². The van der Waals surface area contributed by atoms with Gasteiger partial charge >= 0.3 is 6.03 Å². The Labute approximate surface area is 143 Å². The van der Waals surface area contributed by atoms with Crippen LogP contribution in [0.2, 0.25) is 0 Å². The normalized spacial score (nSPS) is 15.3. The molecule has 1 aliphatic carbocycles. The maximum Gasteiger partial charge on any atom is 0.323 e. The molecule has 0 unspecified atom stereocenters. The summed E-state index contributed by atoms with van der Waals surface area (Å²) in [6.45, 7) is 0. The number of para-hydroxylation sites is 1. The molecule has 0 heterocycles. The highest BCUT2D eigenvalue weighted by Gasteiger charge is 2.11. The van der Waals surface area contributed by atoms with Crippen molar-refractivity contribution < 1.29 is 4.79 Å². The van der Waals surface area contributed by atoms with Gasteiger partial charge in [0.25, 0.3) is 0 Å². The van der Waals surface area contributed by atoms with E-state index in [1.165, 1.54) is 38.5 Å². The molecule has 1 fully saturated rings. The molecule has 2 amide bonds. The van der Waals surface area contributed by atoms with Gasteiger partial charge in [0.05, 0.1) is 0 Å². The van der Waals surface area contributed by atoms with Gasteiger partial charge in [0.15, 0.2) is 0 Å². The number of amides is 2. The second kappa shape index (κ2) is 8.39. The van der Waals surface area contributed by atoms with Crippen molar-refractivity contribution in [2.24, 2.45) is 0 Å². The molecule has 0 aliphatic heterocycles. The van der Waals surface area contributed by atoms with Gasteiger partial charge in [-0.2, -0.15) is 0 Å². The third kappa shape index (κ3) is 5.01. The molecule has 126 valence electrons. The summed E-state index contributed by atoms with van der Waals surface area (Å²) in [5.41, 5.74) is 2.69. The predicted molar refractivity (Wildman–Crippen MR) is 101 cm³/mol. The third-order valence-electron chi connectivity index (χ3n) is 4.40. The van der Waals surface area contributed by atoms with Gasteiger partial charge in [-0.1, -0.05) is 43.9 Å². The van der Waals surface area contributed by atoms with E-state index in [0.29, 0.717) is 6.04 Å². The fourth-order valence-electron chi connectivity index (χ4n) is 3.12. The van der Waals surface area contributed by atoms with Gasteiger partial charge < -0.3 is 16.0 Å². The van der Waals surface area contributed by atoms with Crippen LogP contribution >= 0.6 is 0 Å². The highest BCUT2D eigenvalue weighted by molar-refractivity contribution is 5.99. The number of anilines is 3. The van der Waals surface area contributed by atoms with E-state index in [4.69, 9.17) is 0 Å². The number of hydrogen-bond acceptors (Lipinski definition) is 2. The average Bonchev–Trinajstić information content (AvgIpc) is 2.86. The summed E-state index contributed by atoms with van der Waals surface area (Å²) in [5, 5.41) is 9.28. The SMILES string of the molecule is O=C(Nc1ccccc1)Nc1ccc(NC2CCCCCC2)cc1. The first-order valence-corrected chi connectivity index (χ1v) is 8.79. The lowest BCUT2D eigenvalue weighted by molar-refractivity contribution is 0.262. The average molecular weight is 323 g/mol. The second-order valence-corrected chi connectivity index (χ2v) is 6.36. The summed E-state index contributed by atoms with van der Waals surface area (Å²) in [6, 6.07) is 17.7. The molecule has 0 bridgehead atoms. The Morgan fingerprint density at radius 1 is 0.708 bits per heavy atom. The van der Waals surface area contributed by atoms with Gasteiger partial charge in [-0.3, -0.25) is 0 Å². The molecule has 3 rings (SSSR count). The van der Waals surface area contributed by atoms with Crippen molar-refractivity contribution in [2.75, 3.05) is 16.0 Å². The van der Waals surface area contributed by atoms with E-state index in [9.17, 15) is 4.79 Å². The van der Waals surface area contributed by atoms with Gasteiger partial charge in [-0.15, -0.1) is 0 Å². The van der Waals surface area contributed by atoms with Crippen molar-refractivity contribution in [2.45, 2.75) is 44.6 Å². The summed E-state index contributed by atoms with van der Waals surface area (Å²) in [5.74, 6) is 0. The van der Waals surface area contributed by atoms with Crippen molar-refractivity contribution in [3.63, 3.8) is 0 Å². The summed E-state index contributed by atoms with van der Waals surface area (Å²) < 4.78 is 0. The van der Waals surface area contributed by atoms with Gasteiger partial charge in [-0.05, 0) is 49.2 Å². The maximum atomic E-state index is 12.0. The first kappa shape index (κ1) is 16.4. The van der Waals surface area contributed by atoms with Crippen molar-refractivity contribution in [3.8, 4) is 0 Å². The van der Waals surface area contributed by atoms with Crippen LogP contribution in [0.15, 0.2) is 54.6 Å². The summed E-state index contributed by atoms with van der Waals surface area (Å²) in [4.78, 5) is 12.0. The molecule has 0 saturated heterocycles. The van der Waals surface area contributed by atoms with Crippen LogP contribution in [-0.4, -0.2) is 12.1 Å². The van der Waals surface area contributed by atoms with Crippen LogP contribution in [0, 0.1) is 0 Å². The van der Waals surface area contributed by atoms with E-state index < -0.39 is 0 Å². The van der Waals surface area contributed by atoms with Gasteiger partial charge in [0, 0.05) is 23.1 Å². The minimum atomic E-state index is -0.231. The zero-order valence-corrected chi connectivity index (χ0v) is 13.9. The van der Waals surface area contributed by atoms with Crippen molar-refractivity contribution >= 4 is 23.1 Å². The standard InChI is InChI=1S/C20H25N3O/c24-20(22-17-10-6-3-7-11-17)23-19-14-12-18(13-15-19)21-16-8-4-1-2-5-9-16/h3,6-7,10-16,21H,1-2,4-5,8-9H2,(H2,22,23,24). The van der Waals surface area contributed by atoms with Gasteiger partial charge in [-0.25, -0.2) is 4.79 Å². The number of carbonyl (C=O) groups excluding carboxylic acids is 1. The zero-order chi connectivity index (χ0) is 16.6. The van der Waals surface area contributed by atoms with Crippen LogP contribution in [0.4, 0.5) is 21.9 Å². The van der Waals surface area contributed by atoms with Gasteiger partial charge in [0.1, 0.15) is 0 Å². The monoisotopic (exact) mass is 323 g/mol. The smallest absolute Gasteiger partial charge is 0.323 e. The number of nitrogens with one attached hydrogen (secondary N) is 3. The fraction of sp³-hybridized carbons (Fsp3) is 0.350. The summed E-state index contributed by atoms with van der Waals surface area (Å²) in [6.07, 6.45) is 7.85. The molecule has 4 heteroatoms. The van der Waals surface area contributed by atoms with Crippen LogP contribution in [0.5, 0.6) is 0 Å². The van der Waals surface area contributed by atoms with E-state index >= 15 is 0 Å². The Balaban J connectivity index is 1.51. The molecule has 24 heavy (non-hydrogen) atoms. The number of rotatable bonds is 4. The molecule has 3 N–H and O–H groups in total. The van der Waals surface area contributed by atoms with Crippen LogP contribution in [0.25, 0.3) is 0 Å². The number of hydrogen-bond donors (Lipinski definition) is 3. The molecular formula is C20H25N3O. The van der Waals surface area contributed by atoms with E-state index in [1.54, 1.807) is 0 Å². The van der Waals surface area contributed by atoms with Crippen LogP contribution in [0.1, 0.15) is 38.5 Å². The Morgan fingerprint density at radius 2 is 1.25 bits per heavy atom. The third-order valence-corrected chi connectivity index (χ3v) is 4.40. The van der Waals surface area contributed by atoms with E-state index in [2.05, 4.69) is 16.0 Å². The Hall–Kier alpha value is -2.49. The molecule has 0 aromatic heterocycles. The Bertz CT molecular complexity index is 632. The molecule has 0 atom stereocenters. The highest BCUT2D eigenvalue weighted by atomic mass is 16.2. The van der Waals surface area contributed by atoms with Gasteiger partial charge in [0.2, 0.25) is 0 Å². The molecular weight excluding hydrogens is 298 g/mol. The largest absolute Gasteiger partial charge is 0.382 e. The molecule has 2 aromatic rings. The predicted octanol–water partition coefficient (Wildman–Crippen LogP) is 5.47. The van der Waals surface area contributed by atoms with Crippen molar-refractivity contribution in [3.05, 3.63) is 54.6 Å². The molecule has 0 radical (unpaired) electrons. The van der Waals surface area contributed by atoms with E-state index in [0.717, 1.165) is 17.1 Å². The summed E-state index contributed by atoms with van der Waals surface area (Å²) >= 11 is 0. The number of urea groups is 1. The topological polar surface area (TPSA) is 53.2 Å². The highest BCUT2D eigenvalue weighted by Crippen LogP contribution is 2.22. The van der Waals surface area contributed by atoms with Crippen LogP contribution in [0.3, 0.4) is 0 Å². The van der Waals surface area contributed by atoms with E-state index in [1.807, 2.05) is 54.6 Å². The van der Waals surface area contributed by atoms with Crippen LogP contribution < -0.4 is 16.0 Å². The lowest BCUT2D eigenvalue weighted by Crippen LogP contribution is -2.20.